The fourth-order valence-electron chi connectivity index (χ4n) is 2.94. The first-order valence-corrected chi connectivity index (χ1v) is 8.74. The van der Waals surface area contributed by atoms with Crippen molar-refractivity contribution in [2.75, 3.05) is 37.4 Å². The number of anilines is 2. The number of rotatable bonds is 5. The molecule has 7 heteroatoms. The topological polar surface area (TPSA) is 84.7 Å². The predicted molar refractivity (Wildman–Crippen MR) is 108 cm³/mol. The van der Waals surface area contributed by atoms with E-state index in [9.17, 15) is 9.59 Å². The number of nitrogens with zero attached hydrogens (tertiary/aromatic N) is 1. The molecule has 1 fully saturated rings. The lowest BCUT2D eigenvalue weighted by Gasteiger charge is -2.27. The molecule has 1 aliphatic heterocycles. The number of aryl methyl sites for hydroxylation is 1. The van der Waals surface area contributed by atoms with E-state index in [-0.39, 0.29) is 24.2 Å². The maximum absolute atomic E-state index is 12.7. The van der Waals surface area contributed by atoms with Gasteiger partial charge in [-0.05, 0) is 30.2 Å². The Balaban J connectivity index is 0.00000261. The fraction of sp³-hybridized carbons (Fsp3) is 0.300. The van der Waals surface area contributed by atoms with Crippen molar-refractivity contribution < 1.29 is 14.3 Å². The molecule has 0 radical (unpaired) electrons. The van der Waals surface area contributed by atoms with Crippen LogP contribution in [0, 0.1) is 0 Å². The van der Waals surface area contributed by atoms with E-state index in [1.165, 1.54) is 0 Å². The number of ether oxygens (including phenoxy) is 1. The molecule has 0 spiro atoms. The zero-order chi connectivity index (χ0) is 18.4. The summed E-state index contributed by atoms with van der Waals surface area (Å²) in [7, 11) is 0. The third-order valence-electron chi connectivity index (χ3n) is 4.41. The van der Waals surface area contributed by atoms with E-state index in [0.29, 0.717) is 56.1 Å². The number of nitrogens with one attached hydrogen (secondary N) is 1. The monoisotopic (exact) mass is 389 g/mol. The Morgan fingerprint density at radius 2 is 1.70 bits per heavy atom. The van der Waals surface area contributed by atoms with Crippen molar-refractivity contribution in [3.05, 3.63) is 59.7 Å². The van der Waals surface area contributed by atoms with Gasteiger partial charge in [0.1, 0.15) is 0 Å². The van der Waals surface area contributed by atoms with Gasteiger partial charge in [-0.15, -0.1) is 12.4 Å². The van der Waals surface area contributed by atoms with Crippen molar-refractivity contribution in [2.45, 2.75) is 12.8 Å². The molecule has 0 saturated carbocycles. The number of nitrogen functional groups attached to an aromatic ring is 1. The Labute approximate surface area is 165 Å². The van der Waals surface area contributed by atoms with Crippen LogP contribution in [0.25, 0.3) is 0 Å². The van der Waals surface area contributed by atoms with Crippen LogP contribution in [0.1, 0.15) is 22.3 Å². The van der Waals surface area contributed by atoms with E-state index >= 15 is 0 Å². The Kier molecular flexibility index (Phi) is 7.64. The summed E-state index contributed by atoms with van der Waals surface area (Å²) < 4.78 is 5.29. The highest BCUT2D eigenvalue weighted by molar-refractivity contribution is 6.03. The minimum atomic E-state index is -0.143. The summed E-state index contributed by atoms with van der Waals surface area (Å²) in [5.74, 6) is -0.230. The van der Waals surface area contributed by atoms with E-state index in [4.69, 9.17) is 10.5 Å². The maximum atomic E-state index is 12.7. The molecular weight excluding hydrogens is 366 g/mol. The second-order valence-corrected chi connectivity index (χ2v) is 6.20. The van der Waals surface area contributed by atoms with Crippen molar-refractivity contribution in [2.24, 2.45) is 0 Å². The zero-order valence-corrected chi connectivity index (χ0v) is 15.8. The standard InChI is InChI=1S/C20H23N3O3.ClH/c21-17-7-3-1-5-15(17)9-10-19(24)22-18-8-4-2-6-16(18)20(25)23-11-13-26-14-12-23;/h1-8H,9-14,21H2,(H,22,24);1H. The molecule has 0 unspecified atom stereocenters. The maximum Gasteiger partial charge on any atom is 0.256 e. The number of benzene rings is 2. The van der Waals surface area contributed by atoms with Gasteiger partial charge in [0.25, 0.3) is 5.91 Å². The van der Waals surface area contributed by atoms with Crippen molar-refractivity contribution in [1.29, 1.82) is 0 Å². The van der Waals surface area contributed by atoms with Gasteiger partial charge in [-0.3, -0.25) is 9.59 Å². The number of para-hydroxylation sites is 2. The summed E-state index contributed by atoms with van der Waals surface area (Å²) in [6.07, 6.45) is 0.854. The van der Waals surface area contributed by atoms with E-state index in [0.717, 1.165) is 5.56 Å². The number of carbonyl (C=O) groups is 2. The first-order valence-electron chi connectivity index (χ1n) is 8.74. The molecule has 1 aliphatic rings. The van der Waals surface area contributed by atoms with Crippen molar-refractivity contribution >= 4 is 35.6 Å². The lowest BCUT2D eigenvalue weighted by atomic mass is 10.1. The van der Waals surface area contributed by atoms with Crippen molar-refractivity contribution in [1.82, 2.24) is 4.90 Å². The van der Waals surface area contributed by atoms with Gasteiger partial charge in [-0.1, -0.05) is 30.3 Å². The van der Waals surface area contributed by atoms with Gasteiger partial charge >= 0.3 is 0 Å². The molecule has 2 aromatic carbocycles. The van der Waals surface area contributed by atoms with Crippen LogP contribution in [0.15, 0.2) is 48.5 Å². The van der Waals surface area contributed by atoms with Gasteiger partial charge in [0, 0.05) is 25.2 Å². The summed E-state index contributed by atoms with van der Waals surface area (Å²) in [6.45, 7) is 2.21. The van der Waals surface area contributed by atoms with Crippen molar-refractivity contribution in [3.63, 3.8) is 0 Å². The quantitative estimate of drug-likeness (QED) is 0.770. The number of hydrogen-bond donors (Lipinski definition) is 2. The average molecular weight is 390 g/mol. The first-order chi connectivity index (χ1) is 12.6. The summed E-state index contributed by atoms with van der Waals surface area (Å²) in [5, 5.41) is 2.86. The van der Waals surface area contributed by atoms with Crippen LogP contribution in [0.5, 0.6) is 0 Å². The van der Waals surface area contributed by atoms with Crippen LogP contribution < -0.4 is 11.1 Å². The van der Waals surface area contributed by atoms with Gasteiger partial charge in [0.2, 0.25) is 5.91 Å². The second kappa shape index (κ2) is 9.94. The first kappa shape index (κ1) is 20.7. The summed E-state index contributed by atoms with van der Waals surface area (Å²) >= 11 is 0. The van der Waals surface area contributed by atoms with Gasteiger partial charge in [-0.2, -0.15) is 0 Å². The summed E-state index contributed by atoms with van der Waals surface area (Å²) in [6, 6.07) is 14.6. The molecule has 144 valence electrons. The Morgan fingerprint density at radius 3 is 2.44 bits per heavy atom. The van der Waals surface area contributed by atoms with Crippen LogP contribution in [0.2, 0.25) is 0 Å². The smallest absolute Gasteiger partial charge is 0.256 e. The molecule has 27 heavy (non-hydrogen) atoms. The summed E-state index contributed by atoms with van der Waals surface area (Å²) in [4.78, 5) is 26.8. The molecule has 1 heterocycles. The van der Waals surface area contributed by atoms with Crippen LogP contribution in [-0.4, -0.2) is 43.0 Å². The van der Waals surface area contributed by atoms with Crippen LogP contribution in [0.4, 0.5) is 11.4 Å². The van der Waals surface area contributed by atoms with Crippen LogP contribution >= 0.6 is 12.4 Å². The van der Waals surface area contributed by atoms with Gasteiger partial charge in [0.15, 0.2) is 0 Å². The lowest BCUT2D eigenvalue weighted by molar-refractivity contribution is -0.116. The molecule has 3 N–H and O–H groups in total. The largest absolute Gasteiger partial charge is 0.399 e. The molecule has 0 atom stereocenters. The highest BCUT2D eigenvalue weighted by Crippen LogP contribution is 2.19. The Hall–Kier alpha value is -2.57. The molecule has 2 amide bonds. The van der Waals surface area contributed by atoms with Crippen LogP contribution in [-0.2, 0) is 16.0 Å². The molecule has 6 nitrogen and oxygen atoms in total. The Bertz CT molecular complexity index is 792. The molecule has 1 saturated heterocycles. The normalized spacial score (nSPS) is 13.6. The van der Waals surface area contributed by atoms with Gasteiger partial charge in [-0.25, -0.2) is 0 Å². The van der Waals surface area contributed by atoms with E-state index in [1.807, 2.05) is 24.3 Å². The lowest BCUT2D eigenvalue weighted by Crippen LogP contribution is -2.41. The SMILES string of the molecule is Cl.Nc1ccccc1CCC(=O)Nc1ccccc1C(=O)N1CCOCC1. The minimum Gasteiger partial charge on any atom is -0.399 e. The van der Waals surface area contributed by atoms with E-state index < -0.39 is 0 Å². The average Bonchev–Trinajstić information content (AvgIpc) is 2.68. The molecule has 0 aromatic heterocycles. The van der Waals surface area contributed by atoms with E-state index in [1.54, 1.807) is 29.2 Å². The number of nitrogens with two attached hydrogens (primary N) is 1. The number of carbonyl (C=O) groups excluding carboxylic acids is 2. The molecular formula is C20H24ClN3O3. The highest BCUT2D eigenvalue weighted by Gasteiger charge is 2.21. The molecule has 2 aromatic rings. The van der Waals surface area contributed by atoms with E-state index in [2.05, 4.69) is 5.32 Å². The summed E-state index contributed by atoms with van der Waals surface area (Å²) in [5.41, 5.74) is 8.58. The minimum absolute atomic E-state index is 0. The fourth-order valence-corrected chi connectivity index (χ4v) is 2.94. The molecule has 0 bridgehead atoms. The number of hydrogen-bond acceptors (Lipinski definition) is 4. The predicted octanol–water partition coefficient (Wildman–Crippen LogP) is 2.73. The highest BCUT2D eigenvalue weighted by atomic mass is 35.5. The number of amides is 2. The van der Waals surface area contributed by atoms with Gasteiger partial charge < -0.3 is 20.7 Å². The number of morpholine rings is 1. The third-order valence-corrected chi connectivity index (χ3v) is 4.41. The Morgan fingerprint density at radius 1 is 1.04 bits per heavy atom. The van der Waals surface area contributed by atoms with Gasteiger partial charge in [0.05, 0.1) is 24.5 Å². The molecule has 0 aliphatic carbocycles. The zero-order valence-electron chi connectivity index (χ0n) is 15.0. The molecule has 3 rings (SSSR count). The second-order valence-electron chi connectivity index (χ2n) is 6.20. The third kappa shape index (κ3) is 5.45. The number of halogens is 1. The van der Waals surface area contributed by atoms with Crippen LogP contribution in [0.3, 0.4) is 0 Å². The van der Waals surface area contributed by atoms with Crippen molar-refractivity contribution in [3.8, 4) is 0 Å².